The Labute approximate surface area is 84.3 Å². The van der Waals surface area contributed by atoms with Crippen molar-refractivity contribution >= 4 is 5.91 Å². The van der Waals surface area contributed by atoms with Crippen LogP contribution in [0.4, 0.5) is 0 Å². The van der Waals surface area contributed by atoms with Crippen molar-refractivity contribution in [2.24, 2.45) is 0 Å². The van der Waals surface area contributed by atoms with E-state index in [1.165, 1.54) is 0 Å². The highest BCUT2D eigenvalue weighted by molar-refractivity contribution is 5.78. The number of hydrogen-bond acceptors (Lipinski definition) is 2. The third-order valence-electron chi connectivity index (χ3n) is 1.89. The van der Waals surface area contributed by atoms with Gasteiger partial charge < -0.3 is 15.2 Å². The van der Waals surface area contributed by atoms with Crippen molar-refractivity contribution in [3.05, 3.63) is 24.0 Å². The van der Waals surface area contributed by atoms with Crippen molar-refractivity contribution in [3.63, 3.8) is 0 Å². The highest BCUT2D eigenvalue weighted by Crippen LogP contribution is 1.94. The topological polar surface area (TPSA) is 48.1 Å². The second-order valence-corrected chi connectivity index (χ2v) is 3.53. The molecule has 0 saturated carbocycles. The van der Waals surface area contributed by atoms with Crippen LogP contribution in [0.5, 0.6) is 0 Å². The summed E-state index contributed by atoms with van der Waals surface area (Å²) >= 11 is 0. The molecule has 0 radical (unpaired) electrons. The molecule has 0 aliphatic rings. The first-order valence-electron chi connectivity index (χ1n) is 4.72. The first-order chi connectivity index (χ1) is 6.68. The van der Waals surface area contributed by atoms with Crippen LogP contribution < -0.4 is 5.32 Å². The molecule has 14 heavy (non-hydrogen) atoms. The lowest BCUT2D eigenvalue weighted by Gasteiger charge is -2.09. The first-order valence-corrected chi connectivity index (χ1v) is 4.72. The number of H-pyrrole nitrogens is 1. The van der Waals surface area contributed by atoms with Crippen molar-refractivity contribution in [1.29, 1.82) is 0 Å². The predicted molar refractivity (Wildman–Crippen MR) is 56.1 cm³/mol. The van der Waals surface area contributed by atoms with Gasteiger partial charge in [0.05, 0.1) is 6.42 Å². The zero-order chi connectivity index (χ0) is 10.4. The molecule has 0 fully saturated rings. The van der Waals surface area contributed by atoms with E-state index >= 15 is 0 Å². The van der Waals surface area contributed by atoms with Gasteiger partial charge in [0.15, 0.2) is 0 Å². The maximum atomic E-state index is 11.3. The molecule has 4 heteroatoms. The number of rotatable bonds is 5. The van der Waals surface area contributed by atoms with Crippen molar-refractivity contribution in [2.75, 3.05) is 27.2 Å². The number of likely N-dealkylation sites (N-methyl/N-ethyl adjacent to an activating group) is 1. The molecule has 2 N–H and O–H groups in total. The largest absolute Gasteiger partial charge is 0.365 e. The number of aromatic nitrogens is 1. The van der Waals surface area contributed by atoms with E-state index in [1.54, 1.807) is 0 Å². The third-order valence-corrected chi connectivity index (χ3v) is 1.89. The molecule has 4 nitrogen and oxygen atoms in total. The smallest absolute Gasteiger partial charge is 0.225 e. The molecule has 0 aliphatic heterocycles. The molecule has 78 valence electrons. The Balaban J connectivity index is 2.17. The maximum absolute atomic E-state index is 11.3. The van der Waals surface area contributed by atoms with Gasteiger partial charge in [-0.2, -0.15) is 0 Å². The number of carbonyl (C=O) groups is 1. The van der Waals surface area contributed by atoms with E-state index in [2.05, 4.69) is 10.3 Å². The average molecular weight is 195 g/mol. The van der Waals surface area contributed by atoms with E-state index < -0.39 is 0 Å². The summed E-state index contributed by atoms with van der Waals surface area (Å²) in [6.45, 7) is 1.57. The summed E-state index contributed by atoms with van der Waals surface area (Å²) in [5.41, 5.74) is 0.951. The molecular weight excluding hydrogens is 178 g/mol. The van der Waals surface area contributed by atoms with Gasteiger partial charge in [-0.05, 0) is 26.2 Å². The van der Waals surface area contributed by atoms with Crippen molar-refractivity contribution < 1.29 is 4.79 Å². The van der Waals surface area contributed by atoms with Crippen molar-refractivity contribution in [1.82, 2.24) is 15.2 Å². The molecule has 1 heterocycles. The second kappa shape index (κ2) is 5.44. The van der Waals surface area contributed by atoms with Gasteiger partial charge in [0.25, 0.3) is 0 Å². The normalized spacial score (nSPS) is 10.5. The quantitative estimate of drug-likeness (QED) is 0.707. The van der Waals surface area contributed by atoms with Gasteiger partial charge >= 0.3 is 0 Å². The van der Waals surface area contributed by atoms with Gasteiger partial charge in [-0.3, -0.25) is 4.79 Å². The van der Waals surface area contributed by atoms with E-state index in [0.717, 1.165) is 12.2 Å². The van der Waals surface area contributed by atoms with Crippen molar-refractivity contribution in [2.45, 2.75) is 6.42 Å². The molecule has 0 aromatic carbocycles. The molecule has 1 rings (SSSR count). The SMILES string of the molecule is CN(C)CCNC(=O)Cc1ccc[nH]1. The minimum absolute atomic E-state index is 0.0642. The Kier molecular flexibility index (Phi) is 4.19. The number of nitrogens with zero attached hydrogens (tertiary/aromatic N) is 1. The summed E-state index contributed by atoms with van der Waals surface area (Å²) in [6.07, 6.45) is 2.25. The van der Waals surface area contributed by atoms with E-state index in [9.17, 15) is 4.79 Å². The lowest BCUT2D eigenvalue weighted by molar-refractivity contribution is -0.120. The van der Waals surface area contributed by atoms with E-state index in [-0.39, 0.29) is 5.91 Å². The summed E-state index contributed by atoms with van der Waals surface area (Å²) in [5, 5.41) is 2.85. The van der Waals surface area contributed by atoms with Gasteiger partial charge in [0.1, 0.15) is 0 Å². The Morgan fingerprint density at radius 1 is 1.57 bits per heavy atom. The van der Waals surface area contributed by atoms with Crippen LogP contribution in [0, 0.1) is 0 Å². The van der Waals surface area contributed by atoms with Crippen LogP contribution in [0.3, 0.4) is 0 Å². The summed E-state index contributed by atoms with van der Waals surface area (Å²) in [6, 6.07) is 3.80. The van der Waals surface area contributed by atoms with Gasteiger partial charge in [-0.1, -0.05) is 0 Å². The molecule has 0 bridgehead atoms. The standard InChI is InChI=1S/C10H17N3O/c1-13(2)7-6-12-10(14)8-9-4-3-5-11-9/h3-5,11H,6-8H2,1-2H3,(H,12,14). The highest BCUT2D eigenvalue weighted by Gasteiger charge is 2.02. The van der Waals surface area contributed by atoms with Crippen LogP contribution in [0.15, 0.2) is 18.3 Å². The number of amides is 1. The highest BCUT2D eigenvalue weighted by atomic mass is 16.1. The van der Waals surface area contributed by atoms with E-state index in [0.29, 0.717) is 13.0 Å². The van der Waals surface area contributed by atoms with Crippen LogP contribution in [0.2, 0.25) is 0 Å². The minimum Gasteiger partial charge on any atom is -0.365 e. The van der Waals surface area contributed by atoms with Gasteiger partial charge in [-0.25, -0.2) is 0 Å². The Hall–Kier alpha value is -1.29. The number of carbonyl (C=O) groups excluding carboxylic acids is 1. The Morgan fingerprint density at radius 2 is 2.36 bits per heavy atom. The molecule has 0 saturated heterocycles. The van der Waals surface area contributed by atoms with Crippen LogP contribution in [-0.4, -0.2) is 43.0 Å². The molecule has 1 aromatic rings. The fourth-order valence-corrected chi connectivity index (χ4v) is 1.13. The fraction of sp³-hybridized carbons (Fsp3) is 0.500. The van der Waals surface area contributed by atoms with Crippen LogP contribution >= 0.6 is 0 Å². The molecule has 1 aromatic heterocycles. The zero-order valence-electron chi connectivity index (χ0n) is 8.71. The minimum atomic E-state index is 0.0642. The molecule has 0 unspecified atom stereocenters. The molecular formula is C10H17N3O. The zero-order valence-corrected chi connectivity index (χ0v) is 8.71. The predicted octanol–water partition coefficient (Wildman–Crippen LogP) is 0.235. The van der Waals surface area contributed by atoms with E-state index in [4.69, 9.17) is 0 Å². The molecule has 0 atom stereocenters. The first kappa shape index (κ1) is 10.8. The fourth-order valence-electron chi connectivity index (χ4n) is 1.13. The third kappa shape index (κ3) is 4.09. The molecule has 1 amide bonds. The monoisotopic (exact) mass is 195 g/mol. The van der Waals surface area contributed by atoms with Gasteiger partial charge in [0.2, 0.25) is 5.91 Å². The Bertz CT molecular complexity index is 267. The summed E-state index contributed by atoms with van der Waals surface area (Å²) in [5.74, 6) is 0.0642. The summed E-state index contributed by atoms with van der Waals surface area (Å²) in [4.78, 5) is 16.4. The number of aromatic amines is 1. The molecule has 0 aliphatic carbocycles. The molecule has 0 spiro atoms. The second-order valence-electron chi connectivity index (χ2n) is 3.53. The summed E-state index contributed by atoms with van der Waals surface area (Å²) < 4.78 is 0. The van der Waals surface area contributed by atoms with Gasteiger partial charge in [0, 0.05) is 25.0 Å². The van der Waals surface area contributed by atoms with Crippen LogP contribution in [-0.2, 0) is 11.2 Å². The van der Waals surface area contributed by atoms with Gasteiger partial charge in [-0.15, -0.1) is 0 Å². The van der Waals surface area contributed by atoms with Crippen molar-refractivity contribution in [3.8, 4) is 0 Å². The lowest BCUT2D eigenvalue weighted by Crippen LogP contribution is -2.32. The van der Waals surface area contributed by atoms with Crippen LogP contribution in [0.25, 0.3) is 0 Å². The number of nitrogens with one attached hydrogen (secondary N) is 2. The average Bonchev–Trinajstić information content (AvgIpc) is 2.56. The summed E-state index contributed by atoms with van der Waals surface area (Å²) in [7, 11) is 3.97. The van der Waals surface area contributed by atoms with E-state index in [1.807, 2.05) is 37.3 Å². The maximum Gasteiger partial charge on any atom is 0.225 e. The Morgan fingerprint density at radius 3 is 2.93 bits per heavy atom. The lowest BCUT2D eigenvalue weighted by atomic mass is 10.3. The van der Waals surface area contributed by atoms with Crippen LogP contribution in [0.1, 0.15) is 5.69 Å². The number of hydrogen-bond donors (Lipinski definition) is 2.